The van der Waals surface area contributed by atoms with Crippen LogP contribution in [-0.4, -0.2) is 14.5 Å². The number of nitrogens with zero attached hydrogens (tertiary/aromatic N) is 5. The molecule has 8 aromatic rings. The van der Waals surface area contributed by atoms with Crippen LogP contribution in [0.15, 0.2) is 115 Å². The van der Waals surface area contributed by atoms with Gasteiger partial charge in [-0.3, -0.25) is 4.98 Å². The van der Waals surface area contributed by atoms with Gasteiger partial charge in [-0.05, 0) is 106 Å². The van der Waals surface area contributed by atoms with Crippen LogP contribution in [0.2, 0.25) is 0 Å². The third kappa shape index (κ3) is 4.15. The molecule has 240 valence electrons. The van der Waals surface area contributed by atoms with E-state index in [0.717, 1.165) is 83.4 Å². The molecule has 2 aliphatic carbocycles. The summed E-state index contributed by atoms with van der Waals surface area (Å²) in [4.78, 5) is 10.1. The first kappa shape index (κ1) is 30.8. The summed E-state index contributed by atoms with van der Waals surface area (Å²) in [6.45, 7) is 1.96. The monoisotopic (exact) mass is 834 g/mol. The topological polar surface area (TPSA) is 78.3 Å². The molecule has 5 nitrogen and oxygen atoms in total. The molecule has 3 aromatic heterocycles. The van der Waals surface area contributed by atoms with Gasteiger partial charge in [0, 0.05) is 16.6 Å². The summed E-state index contributed by atoms with van der Waals surface area (Å²) in [5.41, 5.74) is 12.2. The van der Waals surface area contributed by atoms with E-state index in [1.54, 1.807) is 12.1 Å². The van der Waals surface area contributed by atoms with Gasteiger partial charge in [0.05, 0.1) is 23.3 Å². The van der Waals surface area contributed by atoms with Crippen LogP contribution in [0.25, 0.3) is 61.3 Å². The fourth-order valence-electron chi connectivity index (χ4n) is 8.21. The second-order valence-corrected chi connectivity index (χ2v) is 12.8. The maximum Gasteiger partial charge on any atom is 2.00 e. The molecule has 1 spiro atoms. The SMILES string of the molecule is Cc1cccc(-c2[c-]c3c(cc2)c2cc(F)ccc2n3-c2ccc3c(n2)-c2[c-]cccc2C32c3ccc(C#N)cc3-c3cc(C#N)ccc32)n1.[Pt+2]. The molecule has 3 heterocycles. The van der Waals surface area contributed by atoms with Crippen molar-refractivity contribution in [3.05, 3.63) is 172 Å². The normalized spacial score (nSPS) is 12.9. The van der Waals surface area contributed by atoms with Crippen LogP contribution in [0.1, 0.15) is 39.1 Å². The first-order chi connectivity index (χ1) is 24.5. The van der Waals surface area contributed by atoms with E-state index >= 15 is 0 Å². The molecule has 5 aromatic carbocycles. The Balaban J connectivity index is 0.00000348. The third-order valence-corrected chi connectivity index (χ3v) is 10.2. The Bertz CT molecular complexity index is 2830. The summed E-state index contributed by atoms with van der Waals surface area (Å²) in [5.74, 6) is 0.352. The van der Waals surface area contributed by atoms with Crippen molar-refractivity contribution in [2.45, 2.75) is 12.3 Å². The van der Waals surface area contributed by atoms with Crippen LogP contribution < -0.4 is 0 Å². The van der Waals surface area contributed by atoms with Crippen LogP contribution in [0, 0.1) is 47.5 Å². The van der Waals surface area contributed by atoms with Crippen LogP contribution in [0.3, 0.4) is 0 Å². The van der Waals surface area contributed by atoms with Crippen molar-refractivity contribution in [3.8, 4) is 51.6 Å². The predicted octanol–water partition coefficient (Wildman–Crippen LogP) is 9.37. The minimum Gasteiger partial charge on any atom is -0.313 e. The molecule has 0 bridgehead atoms. The van der Waals surface area contributed by atoms with Crippen molar-refractivity contribution in [1.82, 2.24) is 14.5 Å². The van der Waals surface area contributed by atoms with E-state index < -0.39 is 5.41 Å². The van der Waals surface area contributed by atoms with Gasteiger partial charge >= 0.3 is 21.1 Å². The molecule has 10 rings (SSSR count). The standard InChI is InChI=1S/C44H22FN5.Pt/c1-25-5-4-8-39(48-25)28-11-13-30-34-22-29(45)12-17-40(34)50(41(30)21-28)42-18-16-38-43(49-42)31-6-2-3-7-35(31)44(38)36-14-9-26(23-46)19-32(36)33-20-27(24-47)10-15-37(33)44;/h2-5,7-20,22H,1H3;/q-2;+2. The van der Waals surface area contributed by atoms with E-state index in [1.807, 2.05) is 96.4 Å². The Morgan fingerprint density at radius 2 is 1.47 bits per heavy atom. The summed E-state index contributed by atoms with van der Waals surface area (Å²) >= 11 is 0. The number of nitriles is 2. The van der Waals surface area contributed by atoms with E-state index in [9.17, 15) is 14.9 Å². The number of halogens is 1. The van der Waals surface area contributed by atoms with Gasteiger partial charge in [-0.25, -0.2) is 4.39 Å². The molecular formula is C44H22FN5Pt. The summed E-state index contributed by atoms with van der Waals surface area (Å²) < 4.78 is 16.8. The van der Waals surface area contributed by atoms with Crippen molar-refractivity contribution < 1.29 is 25.5 Å². The number of aryl methyl sites for hydroxylation is 1. The first-order valence-corrected chi connectivity index (χ1v) is 16.2. The number of aromatic nitrogens is 3. The van der Waals surface area contributed by atoms with Crippen LogP contribution in [-0.2, 0) is 26.5 Å². The van der Waals surface area contributed by atoms with Crippen LogP contribution in [0.5, 0.6) is 0 Å². The summed E-state index contributed by atoms with van der Waals surface area (Å²) in [7, 11) is 0. The first-order valence-electron chi connectivity index (χ1n) is 16.2. The molecule has 7 heteroatoms. The molecular weight excluding hydrogens is 813 g/mol. The zero-order valence-corrected chi connectivity index (χ0v) is 29.2. The molecule has 0 radical (unpaired) electrons. The number of hydrogen-bond acceptors (Lipinski definition) is 4. The fraction of sp³-hybridized carbons (Fsp3) is 0.0455. The van der Waals surface area contributed by atoms with Crippen molar-refractivity contribution in [2.75, 3.05) is 0 Å². The van der Waals surface area contributed by atoms with E-state index in [2.05, 4.69) is 36.4 Å². The zero-order valence-electron chi connectivity index (χ0n) is 26.9. The minimum absolute atomic E-state index is 0. The minimum atomic E-state index is -0.722. The maximum absolute atomic E-state index is 14.7. The van der Waals surface area contributed by atoms with E-state index in [-0.39, 0.29) is 26.9 Å². The zero-order chi connectivity index (χ0) is 33.7. The molecule has 0 saturated carbocycles. The van der Waals surface area contributed by atoms with Gasteiger partial charge < -0.3 is 9.55 Å². The maximum atomic E-state index is 14.7. The Hall–Kier alpha value is -6.20. The Kier molecular flexibility index (Phi) is 6.74. The molecule has 0 fully saturated rings. The van der Waals surface area contributed by atoms with Gasteiger partial charge in [0.15, 0.2) is 0 Å². The van der Waals surface area contributed by atoms with Crippen molar-refractivity contribution in [1.29, 1.82) is 10.5 Å². The molecule has 2 aliphatic rings. The van der Waals surface area contributed by atoms with Crippen molar-refractivity contribution in [2.24, 2.45) is 0 Å². The fourth-order valence-corrected chi connectivity index (χ4v) is 8.21. The number of hydrogen-bond donors (Lipinski definition) is 0. The van der Waals surface area contributed by atoms with E-state index in [0.29, 0.717) is 16.9 Å². The van der Waals surface area contributed by atoms with Gasteiger partial charge in [-0.1, -0.05) is 41.3 Å². The van der Waals surface area contributed by atoms with Gasteiger partial charge in [0.2, 0.25) is 0 Å². The number of pyridine rings is 2. The van der Waals surface area contributed by atoms with Crippen molar-refractivity contribution in [3.63, 3.8) is 0 Å². The molecule has 0 amide bonds. The second-order valence-electron chi connectivity index (χ2n) is 12.8. The number of fused-ring (bicyclic) bond motifs is 13. The Morgan fingerprint density at radius 3 is 2.20 bits per heavy atom. The molecule has 0 aliphatic heterocycles. The Morgan fingerprint density at radius 1 is 0.725 bits per heavy atom. The average Bonchev–Trinajstić information content (AvgIpc) is 3.74. The second kappa shape index (κ2) is 11.2. The predicted molar refractivity (Wildman–Crippen MR) is 190 cm³/mol. The van der Waals surface area contributed by atoms with Crippen LogP contribution >= 0.6 is 0 Å². The van der Waals surface area contributed by atoms with E-state index in [1.165, 1.54) is 6.07 Å². The number of rotatable bonds is 2. The summed E-state index contributed by atoms with van der Waals surface area (Å²) in [5, 5.41) is 21.3. The number of benzene rings is 5. The van der Waals surface area contributed by atoms with Gasteiger partial charge in [-0.15, -0.1) is 59.2 Å². The molecule has 51 heavy (non-hydrogen) atoms. The smallest absolute Gasteiger partial charge is 0.313 e. The average molecular weight is 835 g/mol. The molecule has 0 unspecified atom stereocenters. The van der Waals surface area contributed by atoms with E-state index in [4.69, 9.17) is 9.97 Å². The third-order valence-electron chi connectivity index (χ3n) is 10.2. The van der Waals surface area contributed by atoms with Gasteiger partial charge in [0.25, 0.3) is 0 Å². The van der Waals surface area contributed by atoms with Gasteiger partial charge in [-0.2, -0.15) is 10.5 Å². The molecule has 0 saturated heterocycles. The van der Waals surface area contributed by atoms with Gasteiger partial charge in [0.1, 0.15) is 11.6 Å². The summed E-state index contributed by atoms with van der Waals surface area (Å²) in [6, 6.07) is 48.2. The molecule has 0 N–H and O–H groups in total. The quantitative estimate of drug-likeness (QED) is 0.163. The van der Waals surface area contributed by atoms with Crippen LogP contribution in [0.4, 0.5) is 4.39 Å². The Labute approximate surface area is 307 Å². The largest absolute Gasteiger partial charge is 2.00 e. The summed E-state index contributed by atoms with van der Waals surface area (Å²) in [6.07, 6.45) is 0. The molecule has 0 atom stereocenters. The van der Waals surface area contributed by atoms with Crippen molar-refractivity contribution >= 4 is 21.8 Å².